The van der Waals surface area contributed by atoms with Crippen molar-refractivity contribution in [2.24, 2.45) is 12.0 Å². The van der Waals surface area contributed by atoms with Gasteiger partial charge in [-0.1, -0.05) is 11.6 Å². The third-order valence-electron chi connectivity index (χ3n) is 4.14. The largest absolute Gasteiger partial charge is 0.357 e. The quantitative estimate of drug-likeness (QED) is 0.284. The first-order chi connectivity index (χ1) is 11.9. The third-order valence-corrected chi connectivity index (χ3v) is 4.35. The van der Waals surface area contributed by atoms with Gasteiger partial charge >= 0.3 is 0 Å². The van der Waals surface area contributed by atoms with Crippen LogP contribution in [0.4, 0.5) is 0 Å². The van der Waals surface area contributed by atoms with E-state index in [4.69, 9.17) is 11.6 Å². The molecule has 0 atom stereocenters. The molecule has 1 aromatic rings. The van der Waals surface area contributed by atoms with Crippen molar-refractivity contribution in [3.63, 3.8) is 0 Å². The standard InChI is InChI=1S/C17H26ClN5O2.HI/c1-4-19-17(22(3)12-14-10-13(18)11-21(14)2)20-8-9-23-15(24)6-5-7-16(23)25;/h10-11H,4-9,12H2,1-3H3,(H,19,20);1H. The third kappa shape index (κ3) is 6.15. The summed E-state index contributed by atoms with van der Waals surface area (Å²) < 4.78 is 1.98. The van der Waals surface area contributed by atoms with E-state index in [0.717, 1.165) is 18.2 Å². The Hall–Kier alpha value is -1.29. The van der Waals surface area contributed by atoms with Crippen molar-refractivity contribution in [1.29, 1.82) is 0 Å². The second kappa shape index (κ2) is 10.8. The first-order valence-electron chi connectivity index (χ1n) is 8.55. The van der Waals surface area contributed by atoms with Crippen molar-refractivity contribution in [3.05, 3.63) is 23.0 Å². The molecule has 0 aromatic carbocycles. The Morgan fingerprint density at radius 1 is 1.35 bits per heavy atom. The van der Waals surface area contributed by atoms with Crippen LogP contribution >= 0.6 is 35.6 Å². The van der Waals surface area contributed by atoms with Crippen molar-refractivity contribution in [2.75, 3.05) is 26.7 Å². The fourth-order valence-electron chi connectivity index (χ4n) is 2.82. The molecule has 2 amide bonds. The van der Waals surface area contributed by atoms with Gasteiger partial charge in [-0.3, -0.25) is 19.5 Å². The highest BCUT2D eigenvalue weighted by Gasteiger charge is 2.25. The van der Waals surface area contributed by atoms with Gasteiger partial charge < -0.3 is 14.8 Å². The number of amides is 2. The molecule has 1 N–H and O–H groups in total. The monoisotopic (exact) mass is 495 g/mol. The number of nitrogens with one attached hydrogen (secondary N) is 1. The number of halogens is 2. The summed E-state index contributed by atoms with van der Waals surface area (Å²) in [7, 11) is 3.90. The van der Waals surface area contributed by atoms with Gasteiger partial charge in [-0.15, -0.1) is 24.0 Å². The van der Waals surface area contributed by atoms with Gasteiger partial charge in [0.1, 0.15) is 0 Å². The average Bonchev–Trinajstić information content (AvgIpc) is 2.86. The smallest absolute Gasteiger partial charge is 0.229 e. The Kier molecular flexibility index (Phi) is 9.42. The van der Waals surface area contributed by atoms with Gasteiger partial charge in [-0.05, 0) is 19.4 Å². The van der Waals surface area contributed by atoms with Crippen LogP contribution in [-0.4, -0.2) is 58.8 Å². The molecule has 0 unspecified atom stereocenters. The normalized spacial score (nSPS) is 15.1. The van der Waals surface area contributed by atoms with Gasteiger partial charge in [-0.25, -0.2) is 0 Å². The Labute approximate surface area is 176 Å². The first kappa shape index (κ1) is 22.8. The lowest BCUT2D eigenvalue weighted by atomic mass is 10.1. The number of aryl methyl sites for hydroxylation is 1. The number of hydrogen-bond donors (Lipinski definition) is 1. The highest BCUT2D eigenvalue weighted by atomic mass is 127. The molecule has 7 nitrogen and oxygen atoms in total. The number of hydrogen-bond acceptors (Lipinski definition) is 3. The molecule has 1 saturated heterocycles. The summed E-state index contributed by atoms with van der Waals surface area (Å²) >= 11 is 6.03. The minimum atomic E-state index is -0.0942. The van der Waals surface area contributed by atoms with Gasteiger partial charge in [-0.2, -0.15) is 0 Å². The minimum absolute atomic E-state index is 0. The first-order valence-corrected chi connectivity index (χ1v) is 8.93. The lowest BCUT2D eigenvalue weighted by molar-refractivity contribution is -0.147. The maximum Gasteiger partial charge on any atom is 0.229 e. The number of imide groups is 1. The van der Waals surface area contributed by atoms with Gasteiger partial charge in [0.05, 0.1) is 18.1 Å². The Bertz CT molecular complexity index is 646. The van der Waals surface area contributed by atoms with E-state index < -0.39 is 0 Å². The summed E-state index contributed by atoms with van der Waals surface area (Å²) in [4.78, 5) is 31.5. The second-order valence-corrected chi connectivity index (χ2v) is 6.58. The molecule has 9 heteroatoms. The number of aliphatic imine (C=N–C) groups is 1. The highest BCUT2D eigenvalue weighted by molar-refractivity contribution is 14.0. The number of guanidine groups is 1. The molecule has 2 heterocycles. The van der Waals surface area contributed by atoms with Crippen molar-refractivity contribution in [3.8, 4) is 0 Å². The summed E-state index contributed by atoms with van der Waals surface area (Å²) in [6.07, 6.45) is 3.41. The molecule has 0 radical (unpaired) electrons. The Balaban J connectivity index is 0.00000338. The molecule has 0 bridgehead atoms. The second-order valence-electron chi connectivity index (χ2n) is 6.14. The Morgan fingerprint density at radius 3 is 2.54 bits per heavy atom. The van der Waals surface area contributed by atoms with Crippen LogP contribution < -0.4 is 5.32 Å². The molecule has 0 aliphatic carbocycles. The van der Waals surface area contributed by atoms with E-state index in [0.29, 0.717) is 43.9 Å². The maximum absolute atomic E-state index is 11.8. The van der Waals surface area contributed by atoms with E-state index in [-0.39, 0.29) is 35.8 Å². The van der Waals surface area contributed by atoms with E-state index in [1.54, 1.807) is 0 Å². The minimum Gasteiger partial charge on any atom is -0.357 e. The predicted octanol–water partition coefficient (Wildman–Crippen LogP) is 2.23. The molecule has 1 aromatic heterocycles. The van der Waals surface area contributed by atoms with E-state index >= 15 is 0 Å². The SMILES string of the molecule is CCNC(=NCCN1C(=O)CCCC1=O)N(C)Cc1cc(Cl)cn1C.I. The zero-order valence-electron chi connectivity index (χ0n) is 15.5. The molecule has 0 saturated carbocycles. The number of nitrogens with zero attached hydrogens (tertiary/aromatic N) is 4. The summed E-state index contributed by atoms with van der Waals surface area (Å²) in [5, 5.41) is 3.94. The molecule has 1 aliphatic rings. The molecule has 2 rings (SSSR count). The number of rotatable bonds is 6. The lowest BCUT2D eigenvalue weighted by Gasteiger charge is -2.25. The summed E-state index contributed by atoms with van der Waals surface area (Å²) in [6, 6.07) is 1.92. The van der Waals surface area contributed by atoms with Gasteiger partial charge in [0, 0.05) is 51.9 Å². The lowest BCUT2D eigenvalue weighted by Crippen LogP contribution is -2.42. The molecule has 1 aliphatic heterocycles. The van der Waals surface area contributed by atoms with Gasteiger partial charge in [0.25, 0.3) is 0 Å². The zero-order chi connectivity index (χ0) is 18.4. The van der Waals surface area contributed by atoms with Crippen LogP contribution in [-0.2, 0) is 23.2 Å². The van der Waals surface area contributed by atoms with Crippen LogP contribution in [0.2, 0.25) is 5.02 Å². The van der Waals surface area contributed by atoms with Crippen molar-refractivity contribution in [1.82, 2.24) is 19.7 Å². The number of carbonyl (C=O) groups is 2. The summed E-state index contributed by atoms with van der Waals surface area (Å²) in [5.41, 5.74) is 1.07. The van der Waals surface area contributed by atoms with E-state index in [1.165, 1.54) is 4.90 Å². The van der Waals surface area contributed by atoms with Crippen molar-refractivity contribution < 1.29 is 9.59 Å². The van der Waals surface area contributed by atoms with E-state index in [1.807, 2.05) is 42.7 Å². The number of piperidine rings is 1. The fraction of sp³-hybridized carbons (Fsp3) is 0.588. The van der Waals surface area contributed by atoms with Crippen molar-refractivity contribution in [2.45, 2.75) is 32.7 Å². The van der Waals surface area contributed by atoms with Crippen LogP contribution in [0.15, 0.2) is 17.3 Å². The van der Waals surface area contributed by atoms with Crippen LogP contribution in [0, 0.1) is 0 Å². The average molecular weight is 496 g/mol. The maximum atomic E-state index is 11.8. The zero-order valence-corrected chi connectivity index (χ0v) is 18.6. The molecule has 0 spiro atoms. The summed E-state index contributed by atoms with van der Waals surface area (Å²) in [5.74, 6) is 0.545. The molecule has 146 valence electrons. The van der Waals surface area contributed by atoms with Crippen LogP contribution in [0.25, 0.3) is 0 Å². The van der Waals surface area contributed by atoms with Crippen LogP contribution in [0.3, 0.4) is 0 Å². The van der Waals surface area contributed by atoms with Crippen LogP contribution in [0.1, 0.15) is 31.9 Å². The van der Waals surface area contributed by atoms with Crippen molar-refractivity contribution >= 4 is 53.4 Å². The van der Waals surface area contributed by atoms with E-state index in [2.05, 4.69) is 10.3 Å². The predicted molar refractivity (Wildman–Crippen MR) is 114 cm³/mol. The molecular weight excluding hydrogens is 469 g/mol. The van der Waals surface area contributed by atoms with Crippen LogP contribution in [0.5, 0.6) is 0 Å². The Morgan fingerprint density at radius 2 is 2.00 bits per heavy atom. The van der Waals surface area contributed by atoms with E-state index in [9.17, 15) is 9.59 Å². The molecular formula is C17H27ClIN5O2. The van der Waals surface area contributed by atoms with Gasteiger partial charge in [0.2, 0.25) is 11.8 Å². The van der Waals surface area contributed by atoms with Gasteiger partial charge in [0.15, 0.2) is 5.96 Å². The number of aromatic nitrogens is 1. The topological polar surface area (TPSA) is 69.9 Å². The summed E-state index contributed by atoms with van der Waals surface area (Å²) in [6.45, 7) is 4.10. The number of carbonyl (C=O) groups excluding carboxylic acids is 2. The fourth-order valence-corrected chi connectivity index (χ4v) is 3.09. The number of likely N-dealkylation sites (tertiary alicyclic amines) is 1. The molecule has 1 fully saturated rings. The highest BCUT2D eigenvalue weighted by Crippen LogP contribution is 2.14. The molecule has 26 heavy (non-hydrogen) atoms.